The van der Waals surface area contributed by atoms with Gasteiger partial charge >= 0.3 is 0 Å². The highest BCUT2D eigenvalue weighted by atomic mass is 16.5. The Morgan fingerprint density at radius 3 is 2.44 bits per heavy atom. The van der Waals surface area contributed by atoms with Crippen molar-refractivity contribution < 1.29 is 9.15 Å². The van der Waals surface area contributed by atoms with E-state index in [1.165, 1.54) is 0 Å². The number of aryl methyl sites for hydroxylation is 1. The second kappa shape index (κ2) is 5.67. The van der Waals surface area contributed by atoms with Crippen molar-refractivity contribution in [2.75, 3.05) is 6.61 Å². The third-order valence-corrected chi connectivity index (χ3v) is 2.59. The summed E-state index contributed by atoms with van der Waals surface area (Å²) in [5.41, 5.74) is 0.909. The van der Waals surface area contributed by atoms with Crippen LogP contribution in [0, 0.1) is 12.8 Å². The van der Waals surface area contributed by atoms with Gasteiger partial charge in [0.05, 0.1) is 6.61 Å². The lowest BCUT2D eigenvalue weighted by atomic mass is 10.1. The fourth-order valence-electron chi connectivity index (χ4n) is 1.52. The van der Waals surface area contributed by atoms with Gasteiger partial charge in [0, 0.05) is 12.5 Å². The number of hydrogen-bond acceptors (Lipinski definition) is 4. The standard InChI is InChI=1S/C14H18N2O2/c1-10(2)8-9-17-13-6-4-12(5-7-13)14-16-15-11(3)18-14/h4-7,10H,8-9H2,1-3H3. The molecule has 0 amide bonds. The number of nitrogens with zero attached hydrogens (tertiary/aromatic N) is 2. The summed E-state index contributed by atoms with van der Waals surface area (Å²) in [6, 6.07) is 7.71. The van der Waals surface area contributed by atoms with E-state index in [1.54, 1.807) is 6.92 Å². The molecular weight excluding hydrogens is 228 g/mol. The molecule has 0 aliphatic heterocycles. The number of ether oxygens (including phenoxy) is 1. The number of hydrogen-bond donors (Lipinski definition) is 0. The highest BCUT2D eigenvalue weighted by Gasteiger charge is 2.05. The summed E-state index contributed by atoms with van der Waals surface area (Å²) < 4.78 is 11.0. The maximum Gasteiger partial charge on any atom is 0.247 e. The lowest BCUT2D eigenvalue weighted by Gasteiger charge is -2.07. The fraction of sp³-hybridized carbons (Fsp3) is 0.429. The molecule has 4 heteroatoms. The van der Waals surface area contributed by atoms with Crippen molar-refractivity contribution in [2.45, 2.75) is 27.2 Å². The molecule has 0 aliphatic rings. The van der Waals surface area contributed by atoms with Gasteiger partial charge in [0.1, 0.15) is 5.75 Å². The van der Waals surface area contributed by atoms with Gasteiger partial charge in [-0.1, -0.05) is 13.8 Å². The Balaban J connectivity index is 1.97. The highest BCUT2D eigenvalue weighted by molar-refractivity contribution is 5.53. The normalized spacial score (nSPS) is 10.9. The van der Waals surface area contributed by atoms with E-state index in [4.69, 9.17) is 9.15 Å². The first-order valence-electron chi connectivity index (χ1n) is 6.18. The number of benzene rings is 1. The summed E-state index contributed by atoms with van der Waals surface area (Å²) in [6.07, 6.45) is 1.06. The molecule has 0 saturated carbocycles. The summed E-state index contributed by atoms with van der Waals surface area (Å²) in [4.78, 5) is 0. The zero-order valence-corrected chi connectivity index (χ0v) is 11.0. The Bertz CT molecular complexity index is 489. The summed E-state index contributed by atoms with van der Waals surface area (Å²) in [6.45, 7) is 6.89. The van der Waals surface area contributed by atoms with Crippen LogP contribution in [0.15, 0.2) is 28.7 Å². The van der Waals surface area contributed by atoms with Gasteiger partial charge in [0.15, 0.2) is 0 Å². The molecule has 1 aromatic carbocycles. The van der Waals surface area contributed by atoms with Crippen molar-refractivity contribution in [3.05, 3.63) is 30.2 Å². The first-order chi connectivity index (χ1) is 8.65. The minimum atomic E-state index is 0.543. The zero-order chi connectivity index (χ0) is 13.0. The molecule has 0 atom stereocenters. The predicted molar refractivity (Wildman–Crippen MR) is 69.4 cm³/mol. The molecule has 4 nitrogen and oxygen atoms in total. The Labute approximate surface area is 107 Å². The molecule has 0 spiro atoms. The summed E-state index contributed by atoms with van der Waals surface area (Å²) >= 11 is 0. The van der Waals surface area contributed by atoms with Crippen molar-refractivity contribution in [1.82, 2.24) is 10.2 Å². The van der Waals surface area contributed by atoms with Gasteiger partial charge in [-0.2, -0.15) is 0 Å². The van der Waals surface area contributed by atoms with Crippen molar-refractivity contribution in [3.63, 3.8) is 0 Å². The van der Waals surface area contributed by atoms with Crippen molar-refractivity contribution in [1.29, 1.82) is 0 Å². The van der Waals surface area contributed by atoms with Crippen LogP contribution in [0.4, 0.5) is 0 Å². The third kappa shape index (κ3) is 3.32. The van der Waals surface area contributed by atoms with Crippen LogP contribution in [0.25, 0.3) is 11.5 Å². The van der Waals surface area contributed by atoms with E-state index in [9.17, 15) is 0 Å². The van der Waals surface area contributed by atoms with Crippen LogP contribution in [-0.4, -0.2) is 16.8 Å². The average Bonchev–Trinajstić information content (AvgIpc) is 2.76. The molecule has 0 unspecified atom stereocenters. The monoisotopic (exact) mass is 246 g/mol. The lowest BCUT2D eigenvalue weighted by Crippen LogP contribution is -2.01. The van der Waals surface area contributed by atoms with Gasteiger partial charge < -0.3 is 9.15 Å². The molecule has 2 aromatic rings. The smallest absolute Gasteiger partial charge is 0.247 e. The molecule has 2 rings (SSSR count). The molecule has 1 heterocycles. The first-order valence-corrected chi connectivity index (χ1v) is 6.18. The fourth-order valence-corrected chi connectivity index (χ4v) is 1.52. The predicted octanol–water partition coefficient (Wildman–Crippen LogP) is 3.47. The van der Waals surface area contributed by atoms with Gasteiger partial charge in [-0.15, -0.1) is 10.2 Å². The molecule has 0 N–H and O–H groups in total. The van der Waals surface area contributed by atoms with Gasteiger partial charge in [-0.3, -0.25) is 0 Å². The summed E-state index contributed by atoms with van der Waals surface area (Å²) in [7, 11) is 0. The Kier molecular flexibility index (Phi) is 3.97. The average molecular weight is 246 g/mol. The minimum absolute atomic E-state index is 0.543. The first kappa shape index (κ1) is 12.6. The van der Waals surface area contributed by atoms with Crippen LogP contribution in [-0.2, 0) is 0 Å². The molecule has 18 heavy (non-hydrogen) atoms. The molecule has 0 bridgehead atoms. The van der Waals surface area contributed by atoms with Crippen LogP contribution in [0.5, 0.6) is 5.75 Å². The van der Waals surface area contributed by atoms with Crippen molar-refractivity contribution in [3.8, 4) is 17.2 Å². The Hall–Kier alpha value is -1.84. The Morgan fingerprint density at radius 2 is 1.89 bits per heavy atom. The van der Waals surface area contributed by atoms with Crippen LogP contribution in [0.2, 0.25) is 0 Å². The van der Waals surface area contributed by atoms with Gasteiger partial charge in [0.25, 0.3) is 0 Å². The SMILES string of the molecule is Cc1nnc(-c2ccc(OCCC(C)C)cc2)o1. The lowest BCUT2D eigenvalue weighted by molar-refractivity contribution is 0.289. The van der Waals surface area contributed by atoms with Gasteiger partial charge in [-0.25, -0.2) is 0 Å². The van der Waals surface area contributed by atoms with Crippen LogP contribution in [0.3, 0.4) is 0 Å². The second-order valence-corrected chi connectivity index (χ2v) is 4.68. The van der Waals surface area contributed by atoms with Gasteiger partial charge in [0.2, 0.25) is 11.8 Å². The molecule has 0 fully saturated rings. The van der Waals surface area contributed by atoms with E-state index in [-0.39, 0.29) is 0 Å². The van der Waals surface area contributed by atoms with E-state index in [2.05, 4.69) is 24.0 Å². The largest absolute Gasteiger partial charge is 0.494 e. The molecule has 0 aliphatic carbocycles. The van der Waals surface area contributed by atoms with E-state index in [1.807, 2.05) is 24.3 Å². The quantitative estimate of drug-likeness (QED) is 0.810. The molecular formula is C14H18N2O2. The van der Waals surface area contributed by atoms with Gasteiger partial charge in [-0.05, 0) is 36.6 Å². The van der Waals surface area contributed by atoms with E-state index in [0.717, 1.165) is 24.3 Å². The number of rotatable bonds is 5. The maximum absolute atomic E-state index is 5.65. The van der Waals surface area contributed by atoms with Crippen LogP contribution in [0.1, 0.15) is 26.2 Å². The zero-order valence-electron chi connectivity index (χ0n) is 11.0. The molecule has 0 radical (unpaired) electrons. The highest BCUT2D eigenvalue weighted by Crippen LogP contribution is 2.21. The second-order valence-electron chi connectivity index (χ2n) is 4.68. The maximum atomic E-state index is 5.65. The van der Waals surface area contributed by atoms with E-state index < -0.39 is 0 Å². The molecule has 96 valence electrons. The van der Waals surface area contributed by atoms with Crippen LogP contribution < -0.4 is 4.74 Å². The summed E-state index contributed by atoms with van der Waals surface area (Å²) in [5.74, 6) is 2.64. The van der Waals surface area contributed by atoms with Crippen LogP contribution >= 0.6 is 0 Å². The third-order valence-electron chi connectivity index (χ3n) is 2.59. The minimum Gasteiger partial charge on any atom is -0.494 e. The van der Waals surface area contributed by atoms with E-state index in [0.29, 0.717) is 17.7 Å². The van der Waals surface area contributed by atoms with E-state index >= 15 is 0 Å². The number of aromatic nitrogens is 2. The van der Waals surface area contributed by atoms with Crippen molar-refractivity contribution >= 4 is 0 Å². The van der Waals surface area contributed by atoms with Crippen molar-refractivity contribution in [2.24, 2.45) is 5.92 Å². The molecule has 1 aromatic heterocycles. The Morgan fingerprint density at radius 1 is 1.17 bits per heavy atom. The summed E-state index contributed by atoms with van der Waals surface area (Å²) in [5, 5.41) is 7.78. The molecule has 0 saturated heterocycles. The topological polar surface area (TPSA) is 48.2 Å².